The summed E-state index contributed by atoms with van der Waals surface area (Å²) in [7, 11) is 2.02. The Morgan fingerprint density at radius 2 is 2.06 bits per heavy atom. The number of rotatable bonds is 4. The van der Waals surface area contributed by atoms with Crippen molar-refractivity contribution in [1.29, 1.82) is 0 Å². The summed E-state index contributed by atoms with van der Waals surface area (Å²) in [6.45, 7) is 0. The molecule has 1 aliphatic carbocycles. The van der Waals surface area contributed by atoms with Crippen LogP contribution in [0.3, 0.4) is 0 Å². The highest BCUT2D eigenvalue weighted by Crippen LogP contribution is 2.33. The lowest BCUT2D eigenvalue weighted by molar-refractivity contribution is 0.0694. The fourth-order valence-corrected chi connectivity index (χ4v) is 3.30. The molecule has 0 aliphatic heterocycles. The smallest absolute Gasteiger partial charge is 0.338 e. The molecule has 3 nitrogen and oxygen atoms in total. The summed E-state index contributed by atoms with van der Waals surface area (Å²) in [5.41, 5.74) is 1.29. The van der Waals surface area contributed by atoms with Crippen LogP contribution in [0, 0.1) is 0 Å². The first-order valence-corrected chi connectivity index (χ1v) is 7.50. The molecule has 0 unspecified atom stereocenters. The molecular weight excluding hydrogens is 246 g/mol. The largest absolute Gasteiger partial charge is 0.478 e. The van der Waals surface area contributed by atoms with E-state index in [1.54, 1.807) is 0 Å². The van der Waals surface area contributed by atoms with Crippen molar-refractivity contribution in [2.75, 3.05) is 18.2 Å². The van der Waals surface area contributed by atoms with Crippen LogP contribution in [-0.4, -0.2) is 30.4 Å². The third kappa shape index (κ3) is 2.48. The van der Waals surface area contributed by atoms with Crippen molar-refractivity contribution in [3.05, 3.63) is 23.8 Å². The molecule has 0 bridgehead atoms. The van der Waals surface area contributed by atoms with Gasteiger partial charge in [-0.2, -0.15) is 0 Å². The van der Waals surface area contributed by atoms with Gasteiger partial charge in [0.15, 0.2) is 0 Å². The van der Waals surface area contributed by atoms with Crippen molar-refractivity contribution in [3.63, 3.8) is 0 Å². The van der Waals surface area contributed by atoms with Crippen LogP contribution in [0.5, 0.6) is 0 Å². The van der Waals surface area contributed by atoms with Crippen LogP contribution in [0.15, 0.2) is 23.1 Å². The molecule has 1 fully saturated rings. The second-order valence-electron chi connectivity index (χ2n) is 4.71. The van der Waals surface area contributed by atoms with Gasteiger partial charge in [-0.3, -0.25) is 0 Å². The number of carboxylic acid groups (broad SMARTS) is 1. The second kappa shape index (κ2) is 5.65. The molecule has 4 heteroatoms. The van der Waals surface area contributed by atoms with Crippen molar-refractivity contribution in [2.45, 2.75) is 36.6 Å². The molecule has 0 saturated heterocycles. The number of benzene rings is 1. The summed E-state index contributed by atoms with van der Waals surface area (Å²) in [5, 5.41) is 9.43. The molecule has 98 valence electrons. The van der Waals surface area contributed by atoms with Gasteiger partial charge in [-0.25, -0.2) is 4.79 Å². The van der Waals surface area contributed by atoms with Crippen LogP contribution in [0.4, 0.5) is 5.69 Å². The first kappa shape index (κ1) is 13.3. The minimum atomic E-state index is -0.834. The summed E-state index contributed by atoms with van der Waals surface area (Å²) in [6, 6.07) is 6.22. The normalized spacial score (nSPS) is 15.9. The monoisotopic (exact) mass is 265 g/mol. The Morgan fingerprint density at radius 3 is 2.61 bits per heavy atom. The van der Waals surface area contributed by atoms with Crippen LogP contribution in [0.25, 0.3) is 0 Å². The summed E-state index contributed by atoms with van der Waals surface area (Å²) >= 11 is 1.49. The van der Waals surface area contributed by atoms with Crippen molar-refractivity contribution >= 4 is 23.4 Å². The molecule has 1 saturated carbocycles. The fraction of sp³-hybridized carbons (Fsp3) is 0.500. The van der Waals surface area contributed by atoms with Gasteiger partial charge in [0.05, 0.1) is 11.3 Å². The number of carboxylic acids is 1. The van der Waals surface area contributed by atoms with Gasteiger partial charge < -0.3 is 10.0 Å². The van der Waals surface area contributed by atoms with Crippen LogP contribution >= 0.6 is 11.8 Å². The van der Waals surface area contributed by atoms with Crippen LogP contribution in [0.1, 0.15) is 36.0 Å². The van der Waals surface area contributed by atoms with Gasteiger partial charge in [0, 0.05) is 18.0 Å². The quantitative estimate of drug-likeness (QED) is 0.846. The average molecular weight is 265 g/mol. The zero-order valence-electron chi connectivity index (χ0n) is 10.8. The van der Waals surface area contributed by atoms with Crippen molar-refractivity contribution in [3.8, 4) is 0 Å². The number of thioether (sulfide) groups is 1. The Balaban J connectivity index is 2.39. The number of hydrogen-bond donors (Lipinski definition) is 1. The third-order valence-electron chi connectivity index (χ3n) is 3.69. The minimum Gasteiger partial charge on any atom is -0.478 e. The molecular formula is C14H19NO2S. The van der Waals surface area contributed by atoms with E-state index in [2.05, 4.69) is 4.90 Å². The molecule has 2 rings (SSSR count). The zero-order chi connectivity index (χ0) is 13.1. The maximum absolute atomic E-state index is 11.5. The number of hydrogen-bond acceptors (Lipinski definition) is 3. The van der Waals surface area contributed by atoms with Crippen LogP contribution in [-0.2, 0) is 0 Å². The Morgan fingerprint density at radius 1 is 1.39 bits per heavy atom. The molecule has 0 aromatic heterocycles. The van der Waals surface area contributed by atoms with E-state index in [9.17, 15) is 9.90 Å². The van der Waals surface area contributed by atoms with Gasteiger partial charge in [0.25, 0.3) is 0 Å². The lowest BCUT2D eigenvalue weighted by Gasteiger charge is -2.28. The number of aromatic carboxylic acids is 1. The maximum Gasteiger partial charge on any atom is 0.338 e. The SMILES string of the molecule is CSc1cccc(N(C)C2CCCC2)c1C(=O)O. The molecule has 1 aromatic carbocycles. The highest BCUT2D eigenvalue weighted by Gasteiger charge is 2.24. The highest BCUT2D eigenvalue weighted by atomic mass is 32.2. The molecule has 18 heavy (non-hydrogen) atoms. The maximum atomic E-state index is 11.5. The van der Waals surface area contributed by atoms with Crippen molar-refractivity contribution < 1.29 is 9.90 Å². The zero-order valence-corrected chi connectivity index (χ0v) is 11.7. The van der Waals surface area contributed by atoms with E-state index in [0.29, 0.717) is 11.6 Å². The van der Waals surface area contributed by atoms with E-state index in [1.165, 1.54) is 37.4 Å². The fourth-order valence-electron chi connectivity index (χ4n) is 2.69. The Labute approximate surface area is 112 Å². The van der Waals surface area contributed by atoms with E-state index in [4.69, 9.17) is 0 Å². The van der Waals surface area contributed by atoms with E-state index in [-0.39, 0.29) is 0 Å². The van der Waals surface area contributed by atoms with Gasteiger partial charge in [-0.05, 0) is 31.2 Å². The summed E-state index contributed by atoms with van der Waals surface area (Å²) in [4.78, 5) is 14.5. The first-order valence-electron chi connectivity index (χ1n) is 6.28. The van der Waals surface area contributed by atoms with Gasteiger partial charge in [0.2, 0.25) is 0 Å². The third-order valence-corrected chi connectivity index (χ3v) is 4.47. The first-order chi connectivity index (χ1) is 8.65. The highest BCUT2D eigenvalue weighted by molar-refractivity contribution is 7.98. The van der Waals surface area contributed by atoms with Crippen LogP contribution in [0.2, 0.25) is 0 Å². The van der Waals surface area contributed by atoms with E-state index in [1.807, 2.05) is 31.5 Å². The molecule has 1 aliphatic rings. The van der Waals surface area contributed by atoms with E-state index < -0.39 is 5.97 Å². The van der Waals surface area contributed by atoms with Crippen molar-refractivity contribution in [1.82, 2.24) is 0 Å². The summed E-state index contributed by atoms with van der Waals surface area (Å²) in [5.74, 6) is -0.834. The number of anilines is 1. The molecule has 1 N–H and O–H groups in total. The molecule has 0 amide bonds. The predicted molar refractivity (Wildman–Crippen MR) is 75.8 cm³/mol. The minimum absolute atomic E-state index is 0.444. The standard InChI is InChI=1S/C14H19NO2S/c1-15(10-6-3-4-7-10)11-8-5-9-12(18-2)13(11)14(16)17/h5,8-10H,3-4,6-7H2,1-2H3,(H,16,17). The lowest BCUT2D eigenvalue weighted by atomic mass is 10.1. The van der Waals surface area contributed by atoms with E-state index in [0.717, 1.165) is 10.6 Å². The molecule has 1 aromatic rings. The molecule has 0 heterocycles. The van der Waals surface area contributed by atoms with Gasteiger partial charge in [-0.1, -0.05) is 18.9 Å². The van der Waals surface area contributed by atoms with Gasteiger partial charge in [-0.15, -0.1) is 11.8 Å². The predicted octanol–water partition coefficient (Wildman–Crippen LogP) is 3.49. The number of carbonyl (C=O) groups is 1. The topological polar surface area (TPSA) is 40.5 Å². The van der Waals surface area contributed by atoms with Crippen LogP contribution < -0.4 is 4.90 Å². The summed E-state index contributed by atoms with van der Waals surface area (Å²) in [6.07, 6.45) is 6.75. The van der Waals surface area contributed by atoms with E-state index >= 15 is 0 Å². The molecule has 0 radical (unpaired) electrons. The Bertz CT molecular complexity index is 441. The number of nitrogens with zero attached hydrogens (tertiary/aromatic N) is 1. The van der Waals surface area contributed by atoms with Gasteiger partial charge >= 0.3 is 5.97 Å². The molecule has 0 atom stereocenters. The lowest BCUT2D eigenvalue weighted by Crippen LogP contribution is -2.30. The Kier molecular flexibility index (Phi) is 4.17. The summed E-state index contributed by atoms with van der Waals surface area (Å²) < 4.78 is 0. The second-order valence-corrected chi connectivity index (χ2v) is 5.56. The average Bonchev–Trinajstić information content (AvgIpc) is 2.90. The Hall–Kier alpha value is -1.16. The van der Waals surface area contributed by atoms with Crippen molar-refractivity contribution in [2.24, 2.45) is 0 Å². The molecule has 0 spiro atoms. The van der Waals surface area contributed by atoms with Gasteiger partial charge in [0.1, 0.15) is 0 Å².